The predicted molar refractivity (Wildman–Crippen MR) is 36.4 cm³/mol. The summed E-state index contributed by atoms with van der Waals surface area (Å²) in [5.41, 5.74) is 0.923. The summed E-state index contributed by atoms with van der Waals surface area (Å²) in [6, 6.07) is 0. The molecule has 0 saturated heterocycles. The summed E-state index contributed by atoms with van der Waals surface area (Å²) in [4.78, 5) is 4.00. The van der Waals surface area contributed by atoms with Crippen LogP contribution < -0.4 is 0 Å². The Morgan fingerprint density at radius 2 is 2.50 bits per heavy atom. The fourth-order valence-electron chi connectivity index (χ4n) is 0.793. The molecule has 10 heavy (non-hydrogen) atoms. The summed E-state index contributed by atoms with van der Waals surface area (Å²) in [5, 5.41) is 8.56. The first kappa shape index (κ1) is 7.28. The molecule has 0 aliphatic heterocycles. The molecule has 1 aromatic rings. The van der Waals surface area contributed by atoms with Gasteiger partial charge in [-0.05, 0) is 6.42 Å². The van der Waals surface area contributed by atoms with Crippen LogP contribution in [0.3, 0.4) is 0 Å². The predicted octanol–water partition coefficient (Wildman–Crippen LogP) is 1.12. The normalized spacial score (nSPS) is 10.2. The van der Waals surface area contributed by atoms with Crippen LogP contribution in [0.2, 0.25) is 0 Å². The fourth-order valence-corrected chi connectivity index (χ4v) is 0.793. The van der Waals surface area contributed by atoms with Gasteiger partial charge in [0, 0.05) is 0 Å². The third-order valence-corrected chi connectivity index (χ3v) is 1.24. The highest BCUT2D eigenvalue weighted by Gasteiger charge is 1.99. The van der Waals surface area contributed by atoms with Gasteiger partial charge in [0.1, 0.15) is 12.9 Å². The van der Waals surface area contributed by atoms with Gasteiger partial charge in [0.05, 0.1) is 5.69 Å². The lowest BCUT2D eigenvalue weighted by Crippen LogP contribution is -1.85. The van der Waals surface area contributed by atoms with Crippen LogP contribution in [-0.2, 0) is 13.0 Å². The number of hydrogen-bond acceptors (Lipinski definition) is 3. The Morgan fingerprint density at radius 1 is 1.70 bits per heavy atom. The standard InChI is InChI=1S/C7H11NO2/c1-2-3-6-5-10-7(4-9)8-6/h5,9H,2-4H2,1H3. The molecule has 1 N–H and O–H groups in total. The molecule has 0 amide bonds. The van der Waals surface area contributed by atoms with Gasteiger partial charge >= 0.3 is 0 Å². The second kappa shape index (κ2) is 3.37. The molecule has 0 atom stereocenters. The van der Waals surface area contributed by atoms with Gasteiger partial charge in [-0.2, -0.15) is 0 Å². The third-order valence-electron chi connectivity index (χ3n) is 1.24. The van der Waals surface area contributed by atoms with Crippen molar-refractivity contribution in [3.05, 3.63) is 17.8 Å². The molecular formula is C7H11NO2. The molecule has 1 rings (SSSR count). The van der Waals surface area contributed by atoms with Crippen LogP contribution in [0.15, 0.2) is 10.7 Å². The molecule has 0 aliphatic rings. The number of aryl methyl sites for hydroxylation is 1. The van der Waals surface area contributed by atoms with E-state index in [0.29, 0.717) is 5.89 Å². The Labute approximate surface area is 59.7 Å². The van der Waals surface area contributed by atoms with Crippen molar-refractivity contribution in [2.45, 2.75) is 26.4 Å². The largest absolute Gasteiger partial charge is 0.446 e. The first-order valence-corrected chi connectivity index (χ1v) is 3.41. The number of aliphatic hydroxyl groups excluding tert-OH is 1. The quantitative estimate of drug-likeness (QED) is 0.686. The second-order valence-electron chi connectivity index (χ2n) is 2.14. The van der Waals surface area contributed by atoms with E-state index < -0.39 is 0 Å². The van der Waals surface area contributed by atoms with Crippen LogP contribution >= 0.6 is 0 Å². The van der Waals surface area contributed by atoms with Crippen molar-refractivity contribution in [3.63, 3.8) is 0 Å². The monoisotopic (exact) mass is 141 g/mol. The first-order chi connectivity index (χ1) is 4.86. The summed E-state index contributed by atoms with van der Waals surface area (Å²) < 4.78 is 4.91. The van der Waals surface area contributed by atoms with E-state index in [-0.39, 0.29) is 6.61 Å². The number of aromatic nitrogens is 1. The maximum Gasteiger partial charge on any atom is 0.219 e. The van der Waals surface area contributed by atoms with Crippen LogP contribution in [0.1, 0.15) is 24.9 Å². The van der Waals surface area contributed by atoms with Gasteiger partial charge in [0.25, 0.3) is 0 Å². The Morgan fingerprint density at radius 3 is 3.00 bits per heavy atom. The number of rotatable bonds is 3. The molecule has 1 aromatic heterocycles. The maximum absolute atomic E-state index is 8.56. The zero-order chi connectivity index (χ0) is 7.40. The Balaban J connectivity index is 2.59. The molecule has 0 unspecified atom stereocenters. The van der Waals surface area contributed by atoms with Crippen molar-refractivity contribution in [2.24, 2.45) is 0 Å². The number of hydrogen-bond donors (Lipinski definition) is 1. The Hall–Kier alpha value is -0.830. The second-order valence-corrected chi connectivity index (χ2v) is 2.14. The van der Waals surface area contributed by atoms with Crippen LogP contribution in [0.4, 0.5) is 0 Å². The molecule has 0 bridgehead atoms. The smallest absolute Gasteiger partial charge is 0.219 e. The van der Waals surface area contributed by atoms with E-state index in [9.17, 15) is 0 Å². The lowest BCUT2D eigenvalue weighted by atomic mass is 10.3. The van der Waals surface area contributed by atoms with E-state index in [2.05, 4.69) is 11.9 Å². The van der Waals surface area contributed by atoms with Gasteiger partial charge in [-0.25, -0.2) is 4.98 Å². The van der Waals surface area contributed by atoms with Gasteiger partial charge in [-0.15, -0.1) is 0 Å². The van der Waals surface area contributed by atoms with Gasteiger partial charge in [-0.1, -0.05) is 13.3 Å². The molecule has 0 aliphatic carbocycles. The average molecular weight is 141 g/mol. The van der Waals surface area contributed by atoms with Crippen molar-refractivity contribution in [2.75, 3.05) is 0 Å². The van der Waals surface area contributed by atoms with Crippen molar-refractivity contribution in [3.8, 4) is 0 Å². The summed E-state index contributed by atoms with van der Waals surface area (Å²) in [5.74, 6) is 0.406. The van der Waals surface area contributed by atoms with Crippen LogP contribution in [0.5, 0.6) is 0 Å². The topological polar surface area (TPSA) is 46.3 Å². The molecule has 0 radical (unpaired) electrons. The zero-order valence-corrected chi connectivity index (χ0v) is 6.00. The Bertz CT molecular complexity index is 195. The van der Waals surface area contributed by atoms with Gasteiger partial charge < -0.3 is 9.52 Å². The van der Waals surface area contributed by atoms with Gasteiger partial charge in [0.2, 0.25) is 5.89 Å². The van der Waals surface area contributed by atoms with Crippen LogP contribution in [0, 0.1) is 0 Å². The highest BCUT2D eigenvalue weighted by molar-refractivity contribution is 4.95. The summed E-state index contributed by atoms with van der Waals surface area (Å²) in [6.07, 6.45) is 3.57. The lowest BCUT2D eigenvalue weighted by Gasteiger charge is -1.84. The number of aliphatic hydroxyl groups is 1. The molecule has 0 spiro atoms. The Kier molecular flexibility index (Phi) is 2.45. The van der Waals surface area contributed by atoms with E-state index in [0.717, 1.165) is 18.5 Å². The molecule has 3 nitrogen and oxygen atoms in total. The minimum Gasteiger partial charge on any atom is -0.446 e. The van der Waals surface area contributed by atoms with Gasteiger partial charge in [0.15, 0.2) is 0 Å². The lowest BCUT2D eigenvalue weighted by molar-refractivity contribution is 0.240. The zero-order valence-electron chi connectivity index (χ0n) is 6.00. The summed E-state index contributed by atoms with van der Waals surface area (Å²) in [6.45, 7) is 1.97. The van der Waals surface area contributed by atoms with E-state index in [1.54, 1.807) is 6.26 Å². The highest BCUT2D eigenvalue weighted by atomic mass is 16.4. The van der Waals surface area contributed by atoms with Crippen LogP contribution in [-0.4, -0.2) is 10.1 Å². The molecule has 56 valence electrons. The van der Waals surface area contributed by atoms with E-state index in [1.165, 1.54) is 0 Å². The minimum atomic E-state index is -0.107. The SMILES string of the molecule is CCCc1coc(CO)n1. The fraction of sp³-hybridized carbons (Fsp3) is 0.571. The third kappa shape index (κ3) is 1.57. The summed E-state index contributed by atoms with van der Waals surface area (Å²) in [7, 11) is 0. The van der Waals surface area contributed by atoms with Crippen molar-refractivity contribution < 1.29 is 9.52 Å². The van der Waals surface area contributed by atoms with Crippen molar-refractivity contribution >= 4 is 0 Å². The molecular weight excluding hydrogens is 130 g/mol. The first-order valence-electron chi connectivity index (χ1n) is 3.41. The van der Waals surface area contributed by atoms with Crippen molar-refractivity contribution in [1.29, 1.82) is 0 Å². The van der Waals surface area contributed by atoms with Crippen molar-refractivity contribution in [1.82, 2.24) is 4.98 Å². The number of nitrogens with zero attached hydrogens (tertiary/aromatic N) is 1. The van der Waals surface area contributed by atoms with E-state index in [1.807, 2.05) is 0 Å². The minimum absolute atomic E-state index is 0.107. The number of oxazole rings is 1. The molecule has 0 fully saturated rings. The van der Waals surface area contributed by atoms with Crippen LogP contribution in [0.25, 0.3) is 0 Å². The summed E-state index contributed by atoms with van der Waals surface area (Å²) >= 11 is 0. The van der Waals surface area contributed by atoms with Gasteiger partial charge in [-0.3, -0.25) is 0 Å². The molecule has 0 saturated carbocycles. The molecule has 0 aromatic carbocycles. The average Bonchev–Trinajstić information content (AvgIpc) is 2.37. The van der Waals surface area contributed by atoms with E-state index >= 15 is 0 Å². The molecule has 3 heteroatoms. The maximum atomic E-state index is 8.56. The molecule has 1 heterocycles. The van der Waals surface area contributed by atoms with E-state index in [4.69, 9.17) is 9.52 Å². The highest BCUT2D eigenvalue weighted by Crippen LogP contribution is 2.03.